The minimum atomic E-state index is -0.200. The molecule has 0 fully saturated rings. The maximum atomic E-state index is 12.2. The Kier molecular flexibility index (Phi) is 5.24. The summed E-state index contributed by atoms with van der Waals surface area (Å²) in [5, 5.41) is 1.18. The number of nitrogens with zero attached hydrogens (tertiary/aromatic N) is 1. The molecule has 1 heterocycles. The van der Waals surface area contributed by atoms with E-state index in [1.807, 2.05) is 24.3 Å². The Morgan fingerprint density at radius 1 is 0.893 bits per heavy atom. The summed E-state index contributed by atoms with van der Waals surface area (Å²) in [6.45, 7) is 0.793. The van der Waals surface area contributed by atoms with Crippen LogP contribution in [0.3, 0.4) is 0 Å². The fraction of sp³-hybridized carbons (Fsp3) is 0.160. The fourth-order valence-corrected chi connectivity index (χ4v) is 3.81. The third kappa shape index (κ3) is 3.70. The molecule has 4 aromatic rings. The van der Waals surface area contributed by atoms with Crippen molar-refractivity contribution in [3.8, 4) is 0 Å². The van der Waals surface area contributed by atoms with Gasteiger partial charge in [-0.1, -0.05) is 78.9 Å². The zero-order valence-corrected chi connectivity index (χ0v) is 15.9. The van der Waals surface area contributed by atoms with E-state index in [9.17, 15) is 4.79 Å². The van der Waals surface area contributed by atoms with Crippen molar-refractivity contribution in [2.75, 3.05) is 7.11 Å². The molecule has 0 bridgehead atoms. The molecule has 3 aromatic carbocycles. The number of fused-ring (bicyclic) bond motifs is 1. The van der Waals surface area contributed by atoms with Gasteiger partial charge in [0.25, 0.3) is 0 Å². The number of benzene rings is 3. The third-order valence-corrected chi connectivity index (χ3v) is 5.19. The van der Waals surface area contributed by atoms with Crippen LogP contribution in [0.1, 0.15) is 29.0 Å². The lowest BCUT2D eigenvalue weighted by Crippen LogP contribution is -2.10. The van der Waals surface area contributed by atoms with Crippen molar-refractivity contribution in [3.63, 3.8) is 0 Å². The molecule has 1 aromatic heterocycles. The normalized spacial score (nSPS) is 12.0. The van der Waals surface area contributed by atoms with Gasteiger partial charge >= 0.3 is 5.97 Å². The van der Waals surface area contributed by atoms with Crippen LogP contribution in [0.15, 0.2) is 91.1 Å². The van der Waals surface area contributed by atoms with E-state index in [1.54, 1.807) is 0 Å². The van der Waals surface area contributed by atoms with E-state index in [4.69, 9.17) is 4.74 Å². The van der Waals surface area contributed by atoms with E-state index in [2.05, 4.69) is 71.4 Å². The molecule has 3 nitrogen and oxygen atoms in total. The molecule has 1 unspecified atom stereocenters. The van der Waals surface area contributed by atoms with Gasteiger partial charge in [-0.25, -0.2) is 0 Å². The van der Waals surface area contributed by atoms with Crippen molar-refractivity contribution in [1.29, 1.82) is 0 Å². The number of hydrogen-bond donors (Lipinski definition) is 0. The summed E-state index contributed by atoms with van der Waals surface area (Å²) >= 11 is 0. The number of rotatable bonds is 6. The van der Waals surface area contributed by atoms with E-state index < -0.39 is 0 Å². The molecule has 4 rings (SSSR count). The molecule has 0 aliphatic carbocycles. The van der Waals surface area contributed by atoms with Gasteiger partial charge in [0.15, 0.2) is 0 Å². The number of esters is 1. The second-order valence-electron chi connectivity index (χ2n) is 6.96. The first-order chi connectivity index (χ1) is 13.8. The molecule has 0 amide bonds. The lowest BCUT2D eigenvalue weighted by molar-refractivity contribution is -0.140. The highest BCUT2D eigenvalue weighted by atomic mass is 16.5. The zero-order chi connectivity index (χ0) is 19.3. The molecule has 1 atom stereocenters. The smallest absolute Gasteiger partial charge is 0.306 e. The van der Waals surface area contributed by atoms with E-state index >= 15 is 0 Å². The van der Waals surface area contributed by atoms with E-state index in [0.29, 0.717) is 6.42 Å². The van der Waals surface area contributed by atoms with E-state index in [1.165, 1.54) is 23.6 Å². The first-order valence-corrected chi connectivity index (χ1v) is 9.49. The van der Waals surface area contributed by atoms with E-state index in [0.717, 1.165) is 17.7 Å². The van der Waals surface area contributed by atoms with Gasteiger partial charge in [-0.3, -0.25) is 4.79 Å². The Balaban J connectivity index is 1.82. The van der Waals surface area contributed by atoms with Crippen molar-refractivity contribution in [1.82, 2.24) is 4.57 Å². The topological polar surface area (TPSA) is 31.2 Å². The number of aromatic nitrogens is 1. The standard InChI is InChI=1S/C25H23NO2/c1-28-25(27)16-22(20-12-6-3-7-13-20)23-18-26(17-19-10-4-2-5-11-19)24-15-9-8-14-21(23)24/h2-15,18,22H,16-17H2,1H3. The average molecular weight is 369 g/mol. The summed E-state index contributed by atoms with van der Waals surface area (Å²) in [7, 11) is 1.45. The second kappa shape index (κ2) is 8.13. The summed E-state index contributed by atoms with van der Waals surface area (Å²) in [6, 6.07) is 29.0. The van der Waals surface area contributed by atoms with Crippen molar-refractivity contribution in [3.05, 3.63) is 108 Å². The number of methoxy groups -OCH3 is 1. The molecular formula is C25H23NO2. The lowest BCUT2D eigenvalue weighted by atomic mass is 9.88. The molecule has 0 saturated carbocycles. The van der Waals surface area contributed by atoms with Gasteiger partial charge in [0.2, 0.25) is 0 Å². The quantitative estimate of drug-likeness (QED) is 0.427. The summed E-state index contributed by atoms with van der Waals surface area (Å²) in [4.78, 5) is 12.2. The van der Waals surface area contributed by atoms with Crippen LogP contribution < -0.4 is 0 Å². The molecule has 0 spiro atoms. The Morgan fingerprint density at radius 2 is 1.54 bits per heavy atom. The number of carbonyl (C=O) groups is 1. The first-order valence-electron chi connectivity index (χ1n) is 9.49. The molecule has 28 heavy (non-hydrogen) atoms. The van der Waals surface area contributed by atoms with Crippen LogP contribution in [0.5, 0.6) is 0 Å². The molecule has 3 heteroatoms. The fourth-order valence-electron chi connectivity index (χ4n) is 3.81. The molecule has 0 aliphatic heterocycles. The van der Waals surface area contributed by atoms with Gasteiger partial charge in [-0.2, -0.15) is 0 Å². The van der Waals surface area contributed by atoms with Crippen molar-refractivity contribution < 1.29 is 9.53 Å². The van der Waals surface area contributed by atoms with Gasteiger partial charge in [-0.05, 0) is 22.8 Å². The van der Waals surface area contributed by atoms with Gasteiger partial charge < -0.3 is 9.30 Å². The average Bonchev–Trinajstić information content (AvgIpc) is 3.11. The van der Waals surface area contributed by atoms with Crippen molar-refractivity contribution in [2.24, 2.45) is 0 Å². The highest BCUT2D eigenvalue weighted by Gasteiger charge is 2.23. The minimum Gasteiger partial charge on any atom is -0.469 e. The Labute approximate surface area is 165 Å². The monoisotopic (exact) mass is 369 g/mol. The summed E-state index contributed by atoms with van der Waals surface area (Å²) in [5.74, 6) is -0.246. The van der Waals surface area contributed by atoms with Crippen LogP contribution in [-0.4, -0.2) is 17.6 Å². The number of carbonyl (C=O) groups excluding carboxylic acids is 1. The largest absolute Gasteiger partial charge is 0.469 e. The van der Waals surface area contributed by atoms with Crippen LogP contribution in [-0.2, 0) is 16.1 Å². The first kappa shape index (κ1) is 18.1. The van der Waals surface area contributed by atoms with Crippen LogP contribution in [0.4, 0.5) is 0 Å². The highest BCUT2D eigenvalue weighted by molar-refractivity contribution is 5.86. The van der Waals surface area contributed by atoms with Gasteiger partial charge in [0.1, 0.15) is 0 Å². The molecule has 140 valence electrons. The van der Waals surface area contributed by atoms with Gasteiger partial charge in [-0.15, -0.1) is 0 Å². The van der Waals surface area contributed by atoms with Crippen LogP contribution in [0, 0.1) is 0 Å². The lowest BCUT2D eigenvalue weighted by Gasteiger charge is -2.16. The van der Waals surface area contributed by atoms with Crippen molar-refractivity contribution in [2.45, 2.75) is 18.9 Å². The van der Waals surface area contributed by atoms with E-state index in [-0.39, 0.29) is 11.9 Å². The molecule has 0 N–H and O–H groups in total. The Bertz CT molecular complexity index is 1070. The van der Waals surface area contributed by atoms with Gasteiger partial charge in [0, 0.05) is 29.6 Å². The molecule has 0 saturated heterocycles. The number of para-hydroxylation sites is 1. The maximum Gasteiger partial charge on any atom is 0.306 e. The SMILES string of the molecule is COC(=O)CC(c1ccccc1)c1cn(Cc2ccccc2)c2ccccc12. The summed E-state index contributed by atoms with van der Waals surface area (Å²) in [6.07, 6.45) is 2.51. The molecule has 0 aliphatic rings. The predicted molar refractivity (Wildman–Crippen MR) is 112 cm³/mol. The molecule has 0 radical (unpaired) electrons. The third-order valence-electron chi connectivity index (χ3n) is 5.19. The van der Waals surface area contributed by atoms with Gasteiger partial charge in [0.05, 0.1) is 13.5 Å². The maximum absolute atomic E-state index is 12.2. The number of ether oxygens (including phenoxy) is 1. The highest BCUT2D eigenvalue weighted by Crippen LogP contribution is 2.35. The van der Waals surface area contributed by atoms with Crippen molar-refractivity contribution >= 4 is 16.9 Å². The summed E-state index contributed by atoms with van der Waals surface area (Å²) < 4.78 is 7.26. The zero-order valence-electron chi connectivity index (χ0n) is 15.9. The molecular weight excluding hydrogens is 346 g/mol. The van der Waals surface area contributed by atoms with Crippen LogP contribution in [0.25, 0.3) is 10.9 Å². The predicted octanol–water partition coefficient (Wildman–Crippen LogP) is 5.38. The minimum absolute atomic E-state index is 0.0458. The second-order valence-corrected chi connectivity index (χ2v) is 6.96. The summed E-state index contributed by atoms with van der Waals surface area (Å²) in [5.41, 5.74) is 4.70. The Hall–Kier alpha value is -3.33. The van der Waals surface area contributed by atoms with Crippen LogP contribution >= 0.6 is 0 Å². The number of hydrogen-bond acceptors (Lipinski definition) is 2. The van der Waals surface area contributed by atoms with Crippen LogP contribution in [0.2, 0.25) is 0 Å². The Morgan fingerprint density at radius 3 is 2.25 bits per heavy atom.